The van der Waals surface area contributed by atoms with E-state index in [0.29, 0.717) is 27.9 Å². The first kappa shape index (κ1) is 19.5. The molecule has 4 aromatic rings. The van der Waals surface area contributed by atoms with Crippen LogP contribution in [0.15, 0.2) is 62.9 Å². The van der Waals surface area contributed by atoms with E-state index in [-0.39, 0.29) is 12.2 Å². The van der Waals surface area contributed by atoms with Crippen LogP contribution in [0.25, 0.3) is 11.0 Å². The summed E-state index contributed by atoms with van der Waals surface area (Å²) in [5.41, 5.74) is 2.19. The van der Waals surface area contributed by atoms with Gasteiger partial charge in [-0.15, -0.1) is 10.2 Å². The molecule has 0 aliphatic rings. The zero-order valence-corrected chi connectivity index (χ0v) is 17.5. The summed E-state index contributed by atoms with van der Waals surface area (Å²) in [6.07, 6.45) is 0. The quantitative estimate of drug-likeness (QED) is 0.326. The molecule has 0 aliphatic heterocycles. The third-order valence-electron chi connectivity index (χ3n) is 4.46. The number of para-hydroxylation sites is 1. The van der Waals surface area contributed by atoms with E-state index in [9.17, 15) is 4.79 Å². The average Bonchev–Trinajstić information content (AvgIpc) is 3.04. The maximum atomic E-state index is 11.9. The molecule has 0 fully saturated rings. The van der Waals surface area contributed by atoms with Gasteiger partial charge in [-0.25, -0.2) is 4.79 Å². The first-order valence-corrected chi connectivity index (χ1v) is 10.3. The van der Waals surface area contributed by atoms with Gasteiger partial charge in [0.05, 0.1) is 5.02 Å². The molecule has 0 spiro atoms. The Bertz CT molecular complexity index is 1240. The summed E-state index contributed by atoms with van der Waals surface area (Å²) in [5, 5.41) is 10.7. The van der Waals surface area contributed by atoms with Crippen LogP contribution in [0, 0.1) is 6.92 Å². The number of benzene rings is 2. The molecule has 0 atom stereocenters. The molecule has 0 unspecified atom stereocenters. The highest BCUT2D eigenvalue weighted by Crippen LogP contribution is 2.27. The predicted molar refractivity (Wildman–Crippen MR) is 114 cm³/mol. The lowest BCUT2D eigenvalue weighted by molar-refractivity contribution is 0.290. The van der Waals surface area contributed by atoms with Gasteiger partial charge in [-0.1, -0.05) is 47.6 Å². The van der Waals surface area contributed by atoms with Crippen LogP contribution in [0.1, 0.15) is 17.0 Å². The van der Waals surface area contributed by atoms with Crippen molar-refractivity contribution >= 4 is 34.3 Å². The van der Waals surface area contributed by atoms with E-state index in [0.717, 1.165) is 21.7 Å². The lowest BCUT2D eigenvalue weighted by atomic mass is 10.1. The van der Waals surface area contributed by atoms with Crippen molar-refractivity contribution in [1.82, 2.24) is 14.8 Å². The lowest BCUT2D eigenvalue weighted by Crippen LogP contribution is -2.04. The Morgan fingerprint density at radius 2 is 2.00 bits per heavy atom. The molecular formula is C21H18ClN3O3S. The van der Waals surface area contributed by atoms with E-state index in [1.54, 1.807) is 6.07 Å². The summed E-state index contributed by atoms with van der Waals surface area (Å²) in [6, 6.07) is 14.7. The van der Waals surface area contributed by atoms with Crippen molar-refractivity contribution in [3.05, 3.63) is 80.9 Å². The number of halogens is 1. The van der Waals surface area contributed by atoms with Crippen molar-refractivity contribution in [2.45, 2.75) is 24.4 Å². The molecule has 0 aliphatic carbocycles. The monoisotopic (exact) mass is 427 g/mol. The number of aromatic nitrogens is 3. The van der Waals surface area contributed by atoms with Gasteiger partial charge in [0.2, 0.25) is 0 Å². The molecule has 0 N–H and O–H groups in total. The number of aryl methyl sites for hydroxylation is 1. The van der Waals surface area contributed by atoms with Crippen LogP contribution in [0.2, 0.25) is 5.02 Å². The number of ether oxygens (including phenoxy) is 1. The van der Waals surface area contributed by atoms with Crippen molar-refractivity contribution < 1.29 is 9.15 Å². The van der Waals surface area contributed by atoms with Crippen molar-refractivity contribution in [2.24, 2.45) is 7.05 Å². The van der Waals surface area contributed by atoms with Gasteiger partial charge < -0.3 is 13.7 Å². The van der Waals surface area contributed by atoms with Gasteiger partial charge in [0.25, 0.3) is 0 Å². The minimum Gasteiger partial charge on any atom is -0.484 e. The second-order valence-electron chi connectivity index (χ2n) is 6.56. The fourth-order valence-corrected chi connectivity index (χ4v) is 4.01. The molecule has 0 radical (unpaired) electrons. The van der Waals surface area contributed by atoms with Crippen LogP contribution < -0.4 is 10.4 Å². The van der Waals surface area contributed by atoms with E-state index in [1.165, 1.54) is 17.8 Å². The van der Waals surface area contributed by atoms with E-state index in [4.69, 9.17) is 20.8 Å². The highest BCUT2D eigenvalue weighted by atomic mass is 35.5. The Labute approximate surface area is 176 Å². The summed E-state index contributed by atoms with van der Waals surface area (Å²) < 4.78 is 12.9. The zero-order chi connectivity index (χ0) is 20.4. The molecule has 8 heteroatoms. The predicted octanol–water partition coefficient (Wildman–Crippen LogP) is 4.75. The van der Waals surface area contributed by atoms with Gasteiger partial charge in [0, 0.05) is 24.3 Å². The first-order chi connectivity index (χ1) is 14.0. The minimum atomic E-state index is -0.356. The van der Waals surface area contributed by atoms with Crippen molar-refractivity contribution in [3.63, 3.8) is 0 Å². The van der Waals surface area contributed by atoms with Crippen LogP contribution in [0.3, 0.4) is 0 Å². The number of rotatable bonds is 6. The van der Waals surface area contributed by atoms with E-state index >= 15 is 0 Å². The van der Waals surface area contributed by atoms with Gasteiger partial charge >= 0.3 is 5.63 Å². The van der Waals surface area contributed by atoms with Gasteiger partial charge in [-0.05, 0) is 36.2 Å². The van der Waals surface area contributed by atoms with Gasteiger partial charge in [-0.3, -0.25) is 0 Å². The van der Waals surface area contributed by atoms with Crippen LogP contribution >= 0.6 is 23.4 Å². The highest BCUT2D eigenvalue weighted by Gasteiger charge is 2.13. The normalized spacial score (nSPS) is 11.1. The number of fused-ring (bicyclic) bond motifs is 1. The Kier molecular flexibility index (Phi) is 5.60. The minimum absolute atomic E-state index is 0.255. The van der Waals surface area contributed by atoms with Crippen molar-refractivity contribution in [3.8, 4) is 5.75 Å². The molecule has 2 heterocycles. The van der Waals surface area contributed by atoms with E-state index in [2.05, 4.69) is 10.2 Å². The molecular weight excluding hydrogens is 410 g/mol. The van der Waals surface area contributed by atoms with Gasteiger partial charge in [0.15, 0.2) is 11.0 Å². The third-order valence-corrected chi connectivity index (χ3v) is 5.84. The smallest absolute Gasteiger partial charge is 0.336 e. The molecule has 0 amide bonds. The lowest BCUT2D eigenvalue weighted by Gasteiger charge is -2.08. The fourth-order valence-electron chi connectivity index (χ4n) is 2.90. The Morgan fingerprint density at radius 3 is 2.83 bits per heavy atom. The number of thioether (sulfide) groups is 1. The molecule has 4 rings (SSSR count). The summed E-state index contributed by atoms with van der Waals surface area (Å²) >= 11 is 7.62. The Hall–Kier alpha value is -2.77. The van der Waals surface area contributed by atoms with Crippen LogP contribution in [-0.4, -0.2) is 14.8 Å². The number of hydrogen-bond acceptors (Lipinski definition) is 6. The molecule has 2 aromatic heterocycles. The second-order valence-corrected chi connectivity index (χ2v) is 7.91. The van der Waals surface area contributed by atoms with E-state index in [1.807, 2.05) is 54.9 Å². The van der Waals surface area contributed by atoms with Crippen LogP contribution in [0.5, 0.6) is 5.75 Å². The highest BCUT2D eigenvalue weighted by molar-refractivity contribution is 7.98. The summed E-state index contributed by atoms with van der Waals surface area (Å²) in [5.74, 6) is 1.85. The Morgan fingerprint density at radius 1 is 1.17 bits per heavy atom. The van der Waals surface area contributed by atoms with Crippen LogP contribution in [-0.2, 0) is 19.4 Å². The summed E-state index contributed by atoms with van der Waals surface area (Å²) in [6.45, 7) is 2.22. The molecule has 0 saturated carbocycles. The topological polar surface area (TPSA) is 70.2 Å². The maximum absolute atomic E-state index is 11.9. The third kappa shape index (κ3) is 4.31. The zero-order valence-electron chi connectivity index (χ0n) is 15.9. The largest absolute Gasteiger partial charge is 0.484 e. The van der Waals surface area contributed by atoms with E-state index < -0.39 is 0 Å². The van der Waals surface area contributed by atoms with Gasteiger partial charge in [-0.2, -0.15) is 0 Å². The van der Waals surface area contributed by atoms with Gasteiger partial charge in [0.1, 0.15) is 17.9 Å². The molecule has 6 nitrogen and oxygen atoms in total. The summed E-state index contributed by atoms with van der Waals surface area (Å²) in [4.78, 5) is 11.9. The Balaban J connectivity index is 1.49. The fraction of sp³-hybridized carbons (Fsp3) is 0.190. The number of hydrogen-bond donors (Lipinski definition) is 0. The average molecular weight is 428 g/mol. The standard InChI is InChI=1S/C21H18ClN3O3S/c1-13-7-8-15-14(10-20(26)28-18(15)9-13)12-29-21-24-23-19(25(21)2)11-27-17-6-4-3-5-16(17)22/h3-10H,11-12H2,1-2H3. The second kappa shape index (κ2) is 8.31. The van der Waals surface area contributed by atoms with Crippen molar-refractivity contribution in [2.75, 3.05) is 0 Å². The van der Waals surface area contributed by atoms with Crippen LogP contribution in [0.4, 0.5) is 0 Å². The molecule has 29 heavy (non-hydrogen) atoms. The maximum Gasteiger partial charge on any atom is 0.336 e. The number of nitrogens with zero attached hydrogens (tertiary/aromatic N) is 3. The molecule has 148 valence electrons. The molecule has 0 bridgehead atoms. The summed E-state index contributed by atoms with van der Waals surface area (Å²) in [7, 11) is 1.88. The van der Waals surface area contributed by atoms with Crippen molar-refractivity contribution in [1.29, 1.82) is 0 Å². The SMILES string of the molecule is Cc1ccc2c(CSc3nnc(COc4ccccc4Cl)n3C)cc(=O)oc2c1. The molecule has 0 saturated heterocycles. The molecule has 2 aromatic carbocycles. The first-order valence-electron chi connectivity index (χ1n) is 8.93.